The summed E-state index contributed by atoms with van der Waals surface area (Å²) in [4.78, 5) is 51.2. The van der Waals surface area contributed by atoms with Crippen LogP contribution in [0.4, 0.5) is 16.2 Å². The van der Waals surface area contributed by atoms with Gasteiger partial charge in [0.1, 0.15) is 5.57 Å². The molecule has 1 aliphatic heterocycles. The SMILES string of the molecule is COc1cc(/C=C2\C(=O)NC(=O)N(c3cccc(Cl)c3)C2=O)ccc1OCC(=O)Nc1cc(C)ccc1C. The minimum Gasteiger partial charge on any atom is -0.493 e. The number of methoxy groups -OCH3 is 1. The minimum absolute atomic E-state index is 0.221. The average molecular weight is 534 g/mol. The van der Waals surface area contributed by atoms with Gasteiger partial charge in [0.15, 0.2) is 18.1 Å². The van der Waals surface area contributed by atoms with Gasteiger partial charge in [-0.3, -0.25) is 19.7 Å². The largest absolute Gasteiger partial charge is 0.493 e. The molecule has 0 unspecified atom stereocenters. The highest BCUT2D eigenvalue weighted by Crippen LogP contribution is 2.30. The number of nitrogens with zero attached hydrogens (tertiary/aromatic N) is 1. The van der Waals surface area contributed by atoms with E-state index in [4.69, 9.17) is 21.1 Å². The number of carbonyl (C=O) groups excluding carboxylic acids is 4. The second kappa shape index (κ2) is 11.2. The predicted molar refractivity (Wildman–Crippen MR) is 143 cm³/mol. The molecule has 1 aliphatic rings. The molecule has 4 rings (SSSR count). The van der Waals surface area contributed by atoms with E-state index in [9.17, 15) is 19.2 Å². The van der Waals surface area contributed by atoms with Gasteiger partial charge in [-0.25, -0.2) is 9.69 Å². The highest BCUT2D eigenvalue weighted by molar-refractivity contribution is 6.39. The van der Waals surface area contributed by atoms with Crippen molar-refractivity contribution in [2.24, 2.45) is 0 Å². The van der Waals surface area contributed by atoms with Crippen molar-refractivity contribution in [1.29, 1.82) is 0 Å². The zero-order valence-electron chi connectivity index (χ0n) is 20.8. The van der Waals surface area contributed by atoms with Crippen molar-refractivity contribution in [2.45, 2.75) is 13.8 Å². The van der Waals surface area contributed by atoms with Crippen LogP contribution in [0.2, 0.25) is 5.02 Å². The Bertz CT molecular complexity index is 1480. The monoisotopic (exact) mass is 533 g/mol. The molecular weight excluding hydrogens is 510 g/mol. The summed E-state index contributed by atoms with van der Waals surface area (Å²) < 4.78 is 11.0. The molecule has 0 spiro atoms. The zero-order valence-corrected chi connectivity index (χ0v) is 21.6. The third-order valence-electron chi connectivity index (χ3n) is 5.69. The molecule has 0 radical (unpaired) electrons. The van der Waals surface area contributed by atoms with Gasteiger partial charge in [-0.05, 0) is 73.0 Å². The molecule has 10 heteroatoms. The Kier molecular flexibility index (Phi) is 7.78. The van der Waals surface area contributed by atoms with Crippen molar-refractivity contribution in [3.05, 3.63) is 87.9 Å². The van der Waals surface area contributed by atoms with Crippen molar-refractivity contribution in [2.75, 3.05) is 23.9 Å². The number of anilines is 2. The number of halogens is 1. The van der Waals surface area contributed by atoms with Crippen LogP contribution in [0, 0.1) is 13.8 Å². The normalized spacial score (nSPS) is 14.4. The first-order valence-corrected chi connectivity index (χ1v) is 11.9. The van der Waals surface area contributed by atoms with Crippen LogP contribution in [0.25, 0.3) is 6.08 Å². The van der Waals surface area contributed by atoms with E-state index in [1.54, 1.807) is 30.3 Å². The van der Waals surface area contributed by atoms with Crippen LogP contribution >= 0.6 is 11.6 Å². The Balaban J connectivity index is 1.51. The number of urea groups is 1. The van der Waals surface area contributed by atoms with Gasteiger partial charge in [0.25, 0.3) is 17.7 Å². The molecule has 1 fully saturated rings. The fourth-order valence-electron chi connectivity index (χ4n) is 3.77. The number of aryl methyl sites for hydroxylation is 2. The summed E-state index contributed by atoms with van der Waals surface area (Å²) in [6.45, 7) is 3.57. The van der Waals surface area contributed by atoms with E-state index in [2.05, 4.69) is 10.6 Å². The van der Waals surface area contributed by atoms with Crippen LogP contribution in [0.5, 0.6) is 11.5 Å². The Morgan fingerprint density at radius 2 is 1.82 bits per heavy atom. The molecule has 0 bridgehead atoms. The molecule has 1 saturated heterocycles. The van der Waals surface area contributed by atoms with Crippen molar-refractivity contribution >= 4 is 52.8 Å². The smallest absolute Gasteiger partial charge is 0.335 e. The first-order chi connectivity index (χ1) is 18.2. The van der Waals surface area contributed by atoms with Crippen molar-refractivity contribution in [1.82, 2.24) is 5.32 Å². The van der Waals surface area contributed by atoms with E-state index in [0.717, 1.165) is 16.0 Å². The van der Waals surface area contributed by atoms with Gasteiger partial charge >= 0.3 is 6.03 Å². The van der Waals surface area contributed by atoms with E-state index in [-0.39, 0.29) is 29.5 Å². The number of amides is 5. The van der Waals surface area contributed by atoms with Gasteiger partial charge in [0.2, 0.25) is 0 Å². The molecule has 1 heterocycles. The summed E-state index contributed by atoms with van der Waals surface area (Å²) in [5.74, 6) is -1.41. The fraction of sp³-hybridized carbons (Fsp3) is 0.143. The number of hydrogen-bond acceptors (Lipinski definition) is 6. The molecule has 2 N–H and O–H groups in total. The highest BCUT2D eigenvalue weighted by atomic mass is 35.5. The van der Waals surface area contributed by atoms with Crippen LogP contribution in [-0.2, 0) is 14.4 Å². The van der Waals surface area contributed by atoms with E-state index in [0.29, 0.717) is 22.0 Å². The summed E-state index contributed by atoms with van der Waals surface area (Å²) in [7, 11) is 1.42. The number of carbonyl (C=O) groups is 4. The number of barbiturate groups is 1. The number of ether oxygens (including phenoxy) is 2. The maximum Gasteiger partial charge on any atom is 0.335 e. The summed E-state index contributed by atoms with van der Waals surface area (Å²) in [6.07, 6.45) is 1.33. The second-order valence-electron chi connectivity index (χ2n) is 8.50. The third kappa shape index (κ3) is 5.84. The standard InChI is InChI=1S/C28H24ClN3O6/c1-16-7-8-17(2)22(11-16)30-25(33)15-38-23-10-9-18(13-24(23)37-3)12-21-26(34)31-28(36)32(27(21)35)20-6-4-5-19(29)14-20/h4-14H,15H2,1-3H3,(H,30,33)(H,31,34,36)/b21-12+. The molecule has 9 nitrogen and oxygen atoms in total. The van der Waals surface area contributed by atoms with Crippen LogP contribution in [-0.4, -0.2) is 37.5 Å². The lowest BCUT2D eigenvalue weighted by Gasteiger charge is -2.26. The van der Waals surface area contributed by atoms with Crippen molar-refractivity contribution in [3.8, 4) is 11.5 Å². The molecule has 0 aromatic heterocycles. The fourth-order valence-corrected chi connectivity index (χ4v) is 3.95. The van der Waals surface area contributed by atoms with Gasteiger partial charge in [-0.1, -0.05) is 35.9 Å². The summed E-state index contributed by atoms with van der Waals surface area (Å²) in [5.41, 5.74) is 3.05. The molecule has 194 valence electrons. The Morgan fingerprint density at radius 1 is 1.03 bits per heavy atom. The number of nitrogens with one attached hydrogen (secondary N) is 2. The van der Waals surface area contributed by atoms with Crippen molar-refractivity contribution in [3.63, 3.8) is 0 Å². The number of imide groups is 2. The molecular formula is C28H24ClN3O6. The van der Waals surface area contributed by atoms with E-state index < -0.39 is 17.8 Å². The molecule has 0 atom stereocenters. The zero-order chi connectivity index (χ0) is 27.4. The summed E-state index contributed by atoms with van der Waals surface area (Å²) >= 11 is 6.00. The highest BCUT2D eigenvalue weighted by Gasteiger charge is 2.36. The number of hydrogen-bond donors (Lipinski definition) is 2. The van der Waals surface area contributed by atoms with Gasteiger partial charge < -0.3 is 14.8 Å². The molecule has 3 aromatic carbocycles. The lowest BCUT2D eigenvalue weighted by molar-refractivity contribution is -0.122. The molecule has 0 saturated carbocycles. The molecule has 5 amide bonds. The van der Waals surface area contributed by atoms with Crippen LogP contribution in [0.3, 0.4) is 0 Å². The van der Waals surface area contributed by atoms with Crippen LogP contribution in [0.1, 0.15) is 16.7 Å². The molecule has 38 heavy (non-hydrogen) atoms. The van der Waals surface area contributed by atoms with Crippen LogP contribution in [0.15, 0.2) is 66.2 Å². The second-order valence-corrected chi connectivity index (χ2v) is 8.94. The maximum atomic E-state index is 13.1. The summed E-state index contributed by atoms with van der Waals surface area (Å²) in [5, 5.41) is 5.31. The Labute approximate surface area is 224 Å². The van der Waals surface area contributed by atoms with E-state index in [1.165, 1.54) is 25.3 Å². The maximum absolute atomic E-state index is 13.1. The lowest BCUT2D eigenvalue weighted by Crippen LogP contribution is -2.54. The van der Waals surface area contributed by atoms with Gasteiger partial charge in [-0.2, -0.15) is 0 Å². The van der Waals surface area contributed by atoms with E-state index >= 15 is 0 Å². The van der Waals surface area contributed by atoms with Gasteiger partial charge in [-0.15, -0.1) is 0 Å². The topological polar surface area (TPSA) is 114 Å². The van der Waals surface area contributed by atoms with Crippen molar-refractivity contribution < 1.29 is 28.7 Å². The molecule has 3 aromatic rings. The molecule has 0 aliphatic carbocycles. The van der Waals surface area contributed by atoms with E-state index in [1.807, 2.05) is 32.0 Å². The number of benzene rings is 3. The predicted octanol–water partition coefficient (Wildman–Crippen LogP) is 4.65. The van der Waals surface area contributed by atoms with Gasteiger partial charge in [0, 0.05) is 10.7 Å². The van der Waals surface area contributed by atoms with Gasteiger partial charge in [0.05, 0.1) is 12.8 Å². The Hall–Kier alpha value is -4.63. The average Bonchev–Trinajstić information content (AvgIpc) is 2.87. The van der Waals surface area contributed by atoms with Crippen LogP contribution < -0.4 is 25.0 Å². The first-order valence-electron chi connectivity index (χ1n) is 11.5. The quantitative estimate of drug-likeness (QED) is 0.337. The summed E-state index contributed by atoms with van der Waals surface area (Å²) in [6, 6.07) is 15.7. The number of rotatable bonds is 7. The Morgan fingerprint density at radius 3 is 2.55 bits per heavy atom. The minimum atomic E-state index is -0.875. The third-order valence-corrected chi connectivity index (χ3v) is 5.93. The first kappa shape index (κ1) is 26.4. The lowest BCUT2D eigenvalue weighted by atomic mass is 10.1.